The van der Waals surface area contributed by atoms with E-state index in [2.05, 4.69) is 10.3 Å². The van der Waals surface area contributed by atoms with Crippen LogP contribution in [0.5, 0.6) is 5.75 Å². The second-order valence-electron chi connectivity index (χ2n) is 12.2. The highest BCUT2D eigenvalue weighted by atomic mass is 32.1. The first-order valence-corrected chi connectivity index (χ1v) is 15.2. The summed E-state index contributed by atoms with van der Waals surface area (Å²) in [5, 5.41) is 49.6. The maximum Gasteiger partial charge on any atom is 0.255 e. The summed E-state index contributed by atoms with van der Waals surface area (Å²) in [5.41, 5.74) is 3.59. The zero-order valence-corrected chi connectivity index (χ0v) is 26.1. The van der Waals surface area contributed by atoms with E-state index in [4.69, 9.17) is 5.73 Å². The fraction of sp³-hybridized carbons (Fsp3) is 0.312. The zero-order valence-electron chi connectivity index (χ0n) is 25.3. The van der Waals surface area contributed by atoms with Crippen LogP contribution in [0.4, 0.5) is 20.9 Å². The van der Waals surface area contributed by atoms with Crippen molar-refractivity contribution in [1.29, 1.82) is 0 Å². The number of ketones is 2. The van der Waals surface area contributed by atoms with Gasteiger partial charge >= 0.3 is 0 Å². The molecule has 1 amide bonds. The van der Waals surface area contributed by atoms with E-state index >= 15 is 0 Å². The van der Waals surface area contributed by atoms with Crippen LogP contribution in [-0.4, -0.2) is 87.6 Å². The van der Waals surface area contributed by atoms with Gasteiger partial charge in [0.15, 0.2) is 16.5 Å². The summed E-state index contributed by atoms with van der Waals surface area (Å²) in [5.74, 6) is -7.53. The van der Waals surface area contributed by atoms with Gasteiger partial charge in [-0.15, -0.1) is 0 Å². The van der Waals surface area contributed by atoms with Gasteiger partial charge in [-0.25, -0.2) is 9.37 Å². The quantitative estimate of drug-likeness (QED) is 0.170. The Morgan fingerprint density at radius 3 is 2.41 bits per heavy atom. The Labute approximate surface area is 266 Å². The van der Waals surface area contributed by atoms with Crippen molar-refractivity contribution >= 4 is 51.1 Å². The molecule has 12 nitrogen and oxygen atoms in total. The van der Waals surface area contributed by atoms with Crippen molar-refractivity contribution in [3.05, 3.63) is 70.4 Å². The lowest BCUT2D eigenvalue weighted by molar-refractivity contribution is -0.153. The summed E-state index contributed by atoms with van der Waals surface area (Å²) >= 11 is 1.25. The summed E-state index contributed by atoms with van der Waals surface area (Å²) in [6.07, 6.45) is 1.74. The molecule has 1 fully saturated rings. The highest BCUT2D eigenvalue weighted by Gasteiger charge is 2.64. The fourth-order valence-corrected chi connectivity index (χ4v) is 7.81. The SMILES string of the molecule is CN(C)c1cc(Nc2ncc(-c3ccc(F)cc3)s2)c(O)c2c1CC1CC3[C@H](N(C)C)C(=O)C(C(N)=O)=C(O)[C@@]3(O)C(=O)C1=C2O. The molecule has 6 rings (SSSR count). The molecule has 240 valence electrons. The molecule has 1 saturated carbocycles. The van der Waals surface area contributed by atoms with Crippen LogP contribution in [-0.2, 0) is 20.8 Å². The number of likely N-dealkylation sites (N-methyl/N-ethyl adjacent to an activating group) is 1. The lowest BCUT2D eigenvalue weighted by Gasteiger charge is -2.50. The van der Waals surface area contributed by atoms with E-state index in [9.17, 15) is 39.2 Å². The number of hydrogen-bond acceptors (Lipinski definition) is 12. The Kier molecular flexibility index (Phi) is 7.41. The van der Waals surface area contributed by atoms with Gasteiger partial charge in [0.25, 0.3) is 5.91 Å². The summed E-state index contributed by atoms with van der Waals surface area (Å²) in [7, 11) is 6.66. The second-order valence-corrected chi connectivity index (χ2v) is 13.2. The smallest absolute Gasteiger partial charge is 0.255 e. The largest absolute Gasteiger partial charge is 0.508 e. The van der Waals surface area contributed by atoms with Gasteiger partial charge in [0.05, 0.1) is 22.2 Å². The Morgan fingerprint density at radius 2 is 1.80 bits per heavy atom. The molecular formula is C32H32FN5O7S. The third-order valence-corrected chi connectivity index (χ3v) is 10.0. The van der Waals surface area contributed by atoms with Crippen LogP contribution in [0.2, 0.25) is 0 Å². The summed E-state index contributed by atoms with van der Waals surface area (Å²) in [4.78, 5) is 48.1. The monoisotopic (exact) mass is 649 g/mol. The number of primary amides is 1. The van der Waals surface area contributed by atoms with E-state index in [1.165, 1.54) is 28.4 Å². The minimum atomic E-state index is -2.72. The average Bonchev–Trinajstić information content (AvgIpc) is 3.44. The van der Waals surface area contributed by atoms with Crippen LogP contribution in [0, 0.1) is 17.7 Å². The molecule has 0 saturated heterocycles. The molecule has 7 N–H and O–H groups in total. The van der Waals surface area contributed by atoms with Crippen molar-refractivity contribution in [3.8, 4) is 16.2 Å². The van der Waals surface area contributed by atoms with Crippen molar-refractivity contribution in [1.82, 2.24) is 9.88 Å². The lowest BCUT2D eigenvalue weighted by atomic mass is 9.57. The number of phenols is 1. The first-order valence-electron chi connectivity index (χ1n) is 14.4. The first-order chi connectivity index (χ1) is 21.7. The number of rotatable bonds is 6. The number of nitrogens with one attached hydrogen (secondary N) is 1. The van der Waals surface area contributed by atoms with Crippen molar-refractivity contribution in [2.45, 2.75) is 24.5 Å². The number of thiazole rings is 1. The van der Waals surface area contributed by atoms with Gasteiger partial charge in [-0.1, -0.05) is 23.5 Å². The molecule has 4 atom stereocenters. The number of carbonyl (C=O) groups is 3. The van der Waals surface area contributed by atoms with Crippen LogP contribution in [0.15, 0.2) is 53.4 Å². The number of benzene rings is 2. The van der Waals surface area contributed by atoms with Gasteiger partial charge in [-0.2, -0.15) is 0 Å². The van der Waals surface area contributed by atoms with Gasteiger partial charge in [-0.05, 0) is 62.2 Å². The third kappa shape index (κ3) is 4.55. The number of aromatic nitrogens is 1. The van der Waals surface area contributed by atoms with Gasteiger partial charge in [0.1, 0.15) is 28.7 Å². The number of anilines is 3. The fourth-order valence-electron chi connectivity index (χ4n) is 6.98. The van der Waals surface area contributed by atoms with Crippen LogP contribution < -0.4 is 16.0 Å². The predicted molar refractivity (Wildman–Crippen MR) is 169 cm³/mol. The molecule has 3 aliphatic carbocycles. The third-order valence-electron chi connectivity index (χ3n) is 9.06. The Hall–Kier alpha value is -4.79. The van der Waals surface area contributed by atoms with Gasteiger partial charge < -0.3 is 36.4 Å². The molecule has 3 aromatic rings. The summed E-state index contributed by atoms with van der Waals surface area (Å²) < 4.78 is 13.4. The van der Waals surface area contributed by atoms with Crippen molar-refractivity contribution in [2.24, 2.45) is 17.6 Å². The van der Waals surface area contributed by atoms with E-state index in [1.54, 1.807) is 57.5 Å². The Morgan fingerprint density at radius 1 is 1.13 bits per heavy atom. The molecule has 0 spiro atoms. The molecule has 3 aliphatic rings. The van der Waals surface area contributed by atoms with E-state index in [0.717, 1.165) is 10.4 Å². The topological polar surface area (TPSA) is 190 Å². The number of hydrogen-bond donors (Lipinski definition) is 6. The average molecular weight is 650 g/mol. The maximum atomic E-state index is 14.2. The molecule has 0 bridgehead atoms. The van der Waals surface area contributed by atoms with Gasteiger partial charge in [0, 0.05) is 37.5 Å². The number of nitrogens with two attached hydrogens (primary N) is 1. The first kappa shape index (κ1) is 31.2. The molecule has 2 aromatic carbocycles. The number of phenolic OH excluding ortho intramolecular Hbond substituents is 1. The van der Waals surface area contributed by atoms with E-state index < -0.39 is 58.0 Å². The minimum absolute atomic E-state index is 0.00925. The minimum Gasteiger partial charge on any atom is -0.508 e. The van der Waals surface area contributed by atoms with Crippen molar-refractivity contribution in [2.75, 3.05) is 38.4 Å². The van der Waals surface area contributed by atoms with E-state index in [-0.39, 0.29) is 41.2 Å². The number of Topliss-reactive ketones (excluding diaryl/α,β-unsaturated/α-hetero) is 2. The van der Waals surface area contributed by atoms with E-state index in [0.29, 0.717) is 16.4 Å². The molecular weight excluding hydrogens is 617 g/mol. The number of aliphatic hydroxyl groups excluding tert-OH is 2. The Balaban J connectivity index is 1.47. The molecule has 1 aromatic heterocycles. The molecule has 2 unspecified atom stereocenters. The van der Waals surface area contributed by atoms with Crippen LogP contribution >= 0.6 is 11.3 Å². The maximum absolute atomic E-state index is 14.2. The molecule has 1 heterocycles. The highest BCUT2D eigenvalue weighted by Crippen LogP contribution is 2.55. The number of fused-ring (bicyclic) bond motifs is 3. The lowest BCUT2D eigenvalue weighted by Crippen LogP contribution is -2.65. The van der Waals surface area contributed by atoms with Gasteiger partial charge in [0.2, 0.25) is 5.78 Å². The zero-order chi connectivity index (χ0) is 33.4. The number of aromatic hydroxyl groups is 1. The number of amides is 1. The number of carbonyl (C=O) groups excluding carboxylic acids is 3. The van der Waals surface area contributed by atoms with Crippen LogP contribution in [0.3, 0.4) is 0 Å². The molecule has 0 aliphatic heterocycles. The highest BCUT2D eigenvalue weighted by molar-refractivity contribution is 7.19. The number of aliphatic hydroxyl groups is 3. The number of halogens is 1. The van der Waals surface area contributed by atoms with Gasteiger partial charge in [-0.3, -0.25) is 19.3 Å². The summed E-state index contributed by atoms with van der Waals surface area (Å²) in [6.45, 7) is 0. The molecule has 0 radical (unpaired) electrons. The standard InChI is InChI=1S/C32H32FN5O7S/c1-37(2)19-11-18(36-31-35-12-20(46-31)13-5-7-15(33)8-6-13)25(39)22-16(19)9-14-10-17-24(38(3)4)27(41)23(30(34)44)29(43)32(17,45)28(42)21(14)26(22)40/h5-8,11-12,14,17,24,39-40,43,45H,9-10H2,1-4H3,(H2,34,44)(H,35,36)/t14?,17?,24-,32-/m0/s1. The van der Waals surface area contributed by atoms with Crippen LogP contribution in [0.25, 0.3) is 16.2 Å². The van der Waals surface area contributed by atoms with E-state index in [1.807, 2.05) is 0 Å². The Bertz CT molecular complexity index is 1880. The predicted octanol–water partition coefficient (Wildman–Crippen LogP) is 3.04. The van der Waals surface area contributed by atoms with Crippen LogP contribution in [0.1, 0.15) is 17.5 Å². The number of nitrogens with zero attached hydrogens (tertiary/aromatic N) is 3. The second kappa shape index (κ2) is 10.9. The molecule has 14 heteroatoms. The summed E-state index contributed by atoms with van der Waals surface area (Å²) in [6, 6.07) is 6.44. The normalized spacial score (nSPS) is 24.1. The van der Waals surface area contributed by atoms with Crippen molar-refractivity contribution in [3.63, 3.8) is 0 Å². The molecule has 46 heavy (non-hydrogen) atoms. The van der Waals surface area contributed by atoms with Crippen molar-refractivity contribution < 1.29 is 39.2 Å².